The number of amides is 1. The molecule has 1 N–H and O–H groups in total. The van der Waals surface area contributed by atoms with E-state index in [4.69, 9.17) is 11.2 Å². The van der Waals surface area contributed by atoms with E-state index in [2.05, 4.69) is 11.2 Å². The molecule has 7 heteroatoms. The number of piperidine rings is 1. The van der Waals surface area contributed by atoms with Crippen LogP contribution in [0, 0.1) is 12.3 Å². The van der Waals surface area contributed by atoms with Crippen LogP contribution in [-0.4, -0.2) is 42.6 Å². The zero-order valence-corrected chi connectivity index (χ0v) is 14.7. The molecule has 0 saturated carbocycles. The van der Waals surface area contributed by atoms with Crippen LogP contribution in [0.15, 0.2) is 24.3 Å². The average molecular weight is 368 g/mol. The number of carbonyl (C=O) groups is 1. The van der Waals surface area contributed by atoms with Crippen molar-refractivity contribution in [1.82, 2.24) is 10.2 Å². The maximum Gasteiger partial charge on any atom is 0.419 e. The van der Waals surface area contributed by atoms with Crippen LogP contribution in [-0.2, 0) is 11.0 Å². The number of nitrogens with zero attached hydrogens (tertiary/aromatic N) is 1. The Bertz CT molecular complexity index is 655. The minimum atomic E-state index is -4.49. The molecule has 1 aromatic carbocycles. The molecular formula is C19H23F3N2O2. The van der Waals surface area contributed by atoms with Gasteiger partial charge in [0.05, 0.1) is 24.2 Å². The summed E-state index contributed by atoms with van der Waals surface area (Å²) < 4.78 is 44.2. The number of rotatable bonds is 6. The number of hydrogen-bond donors (Lipinski definition) is 1. The van der Waals surface area contributed by atoms with E-state index >= 15 is 0 Å². The SMILES string of the molecule is C#CCN1CCCCC1C(=O)NC(C)COc1ccccc1C(F)(F)F. The third-order valence-electron chi connectivity index (χ3n) is 4.28. The molecule has 0 aromatic heterocycles. The molecule has 1 heterocycles. The third kappa shape index (κ3) is 5.40. The third-order valence-corrected chi connectivity index (χ3v) is 4.28. The standard InChI is InChI=1S/C19H23F3N2O2/c1-3-11-24-12-7-6-9-16(24)18(25)23-14(2)13-26-17-10-5-4-8-15(17)19(20,21)22/h1,4-5,8,10,14,16H,6-7,9,11-13H2,2H3,(H,23,25). The number of terminal acetylenes is 1. The Morgan fingerprint density at radius 3 is 2.85 bits per heavy atom. The van der Waals surface area contributed by atoms with Crippen molar-refractivity contribution >= 4 is 5.91 Å². The van der Waals surface area contributed by atoms with Crippen LogP contribution in [0.5, 0.6) is 5.75 Å². The second-order valence-electron chi connectivity index (χ2n) is 6.40. The number of halogens is 3. The predicted molar refractivity (Wildman–Crippen MR) is 92.6 cm³/mol. The van der Waals surface area contributed by atoms with E-state index < -0.39 is 17.8 Å². The van der Waals surface area contributed by atoms with Crippen LogP contribution in [0.3, 0.4) is 0 Å². The molecule has 4 nitrogen and oxygen atoms in total. The lowest BCUT2D eigenvalue weighted by molar-refractivity contribution is -0.139. The van der Waals surface area contributed by atoms with E-state index in [1.807, 2.05) is 4.90 Å². The summed E-state index contributed by atoms with van der Waals surface area (Å²) in [5.41, 5.74) is -0.828. The fourth-order valence-corrected chi connectivity index (χ4v) is 3.02. The predicted octanol–water partition coefficient (Wildman–Crippen LogP) is 3.08. The van der Waals surface area contributed by atoms with Crippen LogP contribution in [0.25, 0.3) is 0 Å². The zero-order chi connectivity index (χ0) is 19.2. The van der Waals surface area contributed by atoms with Crippen molar-refractivity contribution in [3.05, 3.63) is 29.8 Å². The Labute approximate surface area is 151 Å². The van der Waals surface area contributed by atoms with Crippen LogP contribution in [0.2, 0.25) is 0 Å². The topological polar surface area (TPSA) is 41.6 Å². The Balaban J connectivity index is 1.92. The van der Waals surface area contributed by atoms with Crippen LogP contribution in [0.1, 0.15) is 31.7 Å². The highest BCUT2D eigenvalue weighted by atomic mass is 19.4. The summed E-state index contributed by atoms with van der Waals surface area (Å²) in [6.07, 6.45) is 3.53. The van der Waals surface area contributed by atoms with Gasteiger partial charge in [-0.15, -0.1) is 6.42 Å². The van der Waals surface area contributed by atoms with Gasteiger partial charge in [-0.05, 0) is 38.4 Å². The second-order valence-corrected chi connectivity index (χ2v) is 6.40. The molecule has 2 atom stereocenters. The molecule has 1 aromatic rings. The first kappa shape index (κ1) is 20.1. The molecule has 1 amide bonds. The van der Waals surface area contributed by atoms with E-state index in [1.165, 1.54) is 18.2 Å². The molecule has 0 aliphatic carbocycles. The zero-order valence-electron chi connectivity index (χ0n) is 14.7. The number of benzene rings is 1. The van der Waals surface area contributed by atoms with Gasteiger partial charge in [-0.2, -0.15) is 13.2 Å². The molecule has 142 valence electrons. The quantitative estimate of drug-likeness (QED) is 0.785. The van der Waals surface area contributed by atoms with Crippen LogP contribution >= 0.6 is 0 Å². The van der Waals surface area contributed by atoms with E-state index in [9.17, 15) is 18.0 Å². The number of alkyl halides is 3. The van der Waals surface area contributed by atoms with Gasteiger partial charge in [0.25, 0.3) is 0 Å². The Hall–Kier alpha value is -2.20. The Morgan fingerprint density at radius 2 is 2.15 bits per heavy atom. The highest BCUT2D eigenvalue weighted by Gasteiger charge is 2.34. The van der Waals surface area contributed by atoms with Gasteiger partial charge >= 0.3 is 6.18 Å². The summed E-state index contributed by atoms with van der Waals surface area (Å²) in [5, 5.41) is 2.81. The summed E-state index contributed by atoms with van der Waals surface area (Å²) in [6.45, 7) is 2.82. The Kier molecular flexibility index (Phi) is 6.92. The lowest BCUT2D eigenvalue weighted by atomic mass is 10.0. The monoisotopic (exact) mass is 368 g/mol. The molecule has 0 bridgehead atoms. The van der Waals surface area contributed by atoms with E-state index in [1.54, 1.807) is 6.92 Å². The molecule has 2 unspecified atom stereocenters. The number of hydrogen-bond acceptors (Lipinski definition) is 3. The van der Waals surface area contributed by atoms with Crippen LogP contribution in [0.4, 0.5) is 13.2 Å². The summed E-state index contributed by atoms with van der Waals surface area (Å²) in [7, 11) is 0. The van der Waals surface area contributed by atoms with Crippen molar-refractivity contribution in [3.8, 4) is 18.1 Å². The molecule has 0 spiro atoms. The fourth-order valence-electron chi connectivity index (χ4n) is 3.02. The minimum Gasteiger partial charge on any atom is -0.491 e. The number of nitrogens with one attached hydrogen (secondary N) is 1. The van der Waals surface area contributed by atoms with Gasteiger partial charge in [0.1, 0.15) is 12.4 Å². The van der Waals surface area contributed by atoms with E-state index in [0.29, 0.717) is 6.54 Å². The highest BCUT2D eigenvalue weighted by Crippen LogP contribution is 2.35. The first-order valence-corrected chi connectivity index (χ1v) is 8.60. The molecular weight excluding hydrogens is 345 g/mol. The van der Waals surface area contributed by atoms with Crippen molar-refractivity contribution in [2.24, 2.45) is 0 Å². The first-order valence-electron chi connectivity index (χ1n) is 8.60. The van der Waals surface area contributed by atoms with Crippen molar-refractivity contribution in [3.63, 3.8) is 0 Å². The second kappa shape index (κ2) is 8.95. The normalized spacial score (nSPS) is 19.4. The summed E-state index contributed by atoms with van der Waals surface area (Å²) in [5.74, 6) is 2.15. The number of likely N-dealkylation sites (tertiary alicyclic amines) is 1. The molecule has 2 rings (SSSR count). The first-order chi connectivity index (χ1) is 12.3. The summed E-state index contributed by atoms with van der Waals surface area (Å²) in [4.78, 5) is 14.4. The number of carbonyl (C=O) groups excluding carboxylic acids is 1. The van der Waals surface area contributed by atoms with Gasteiger partial charge in [0.2, 0.25) is 5.91 Å². The molecule has 1 saturated heterocycles. The van der Waals surface area contributed by atoms with Crippen molar-refractivity contribution in [2.45, 2.75) is 44.4 Å². The number of para-hydroxylation sites is 1. The van der Waals surface area contributed by atoms with E-state index in [-0.39, 0.29) is 24.3 Å². The minimum absolute atomic E-state index is 0.0549. The molecule has 0 radical (unpaired) electrons. The maximum atomic E-state index is 13.0. The van der Waals surface area contributed by atoms with Crippen molar-refractivity contribution in [2.75, 3.05) is 19.7 Å². The van der Waals surface area contributed by atoms with Gasteiger partial charge < -0.3 is 10.1 Å². The van der Waals surface area contributed by atoms with Crippen LogP contribution < -0.4 is 10.1 Å². The molecule has 26 heavy (non-hydrogen) atoms. The van der Waals surface area contributed by atoms with Gasteiger partial charge in [-0.1, -0.05) is 24.5 Å². The largest absolute Gasteiger partial charge is 0.491 e. The van der Waals surface area contributed by atoms with Gasteiger partial charge in [-0.3, -0.25) is 9.69 Å². The fraction of sp³-hybridized carbons (Fsp3) is 0.526. The maximum absolute atomic E-state index is 13.0. The average Bonchev–Trinajstić information content (AvgIpc) is 2.60. The number of ether oxygens (including phenoxy) is 1. The van der Waals surface area contributed by atoms with Crippen molar-refractivity contribution < 1.29 is 22.7 Å². The Morgan fingerprint density at radius 1 is 1.42 bits per heavy atom. The summed E-state index contributed by atoms with van der Waals surface area (Å²) in [6, 6.07) is 4.30. The smallest absolute Gasteiger partial charge is 0.419 e. The van der Waals surface area contributed by atoms with Gasteiger partial charge in [0, 0.05) is 0 Å². The van der Waals surface area contributed by atoms with E-state index in [0.717, 1.165) is 31.9 Å². The highest BCUT2D eigenvalue weighted by molar-refractivity contribution is 5.82. The van der Waals surface area contributed by atoms with Gasteiger partial charge in [0.15, 0.2) is 0 Å². The van der Waals surface area contributed by atoms with Crippen molar-refractivity contribution in [1.29, 1.82) is 0 Å². The summed E-state index contributed by atoms with van der Waals surface area (Å²) >= 11 is 0. The van der Waals surface area contributed by atoms with Gasteiger partial charge in [-0.25, -0.2) is 0 Å². The molecule has 1 aliphatic heterocycles. The molecule has 1 fully saturated rings. The lowest BCUT2D eigenvalue weighted by Gasteiger charge is -2.33. The molecule has 1 aliphatic rings. The lowest BCUT2D eigenvalue weighted by Crippen LogP contribution is -2.52.